The van der Waals surface area contributed by atoms with Gasteiger partial charge in [-0.25, -0.2) is 4.39 Å². The molecule has 0 aromatic heterocycles. The highest BCUT2D eigenvalue weighted by molar-refractivity contribution is 6.31. The molecule has 68 valence electrons. The van der Waals surface area contributed by atoms with E-state index < -0.39 is 25.0 Å². The highest BCUT2D eigenvalue weighted by atomic mass is 19.1. The number of oxime groups is 1. The summed E-state index contributed by atoms with van der Waals surface area (Å²) in [7, 11) is 1.16. The molecule has 0 heterocycles. The monoisotopic (exact) mass is 177 g/mol. The molecular weight excluding hydrogens is 169 g/mol. The van der Waals surface area contributed by atoms with Crippen LogP contribution in [0.5, 0.6) is 0 Å². The van der Waals surface area contributed by atoms with Gasteiger partial charge in [-0.3, -0.25) is 9.59 Å². The van der Waals surface area contributed by atoms with Crippen molar-refractivity contribution in [2.24, 2.45) is 5.16 Å². The summed E-state index contributed by atoms with van der Waals surface area (Å²) in [5.41, 5.74) is 0. The van der Waals surface area contributed by atoms with Crippen molar-refractivity contribution < 1.29 is 23.6 Å². The maximum absolute atomic E-state index is 11.2. The van der Waals surface area contributed by atoms with Gasteiger partial charge in [-0.2, -0.15) is 0 Å². The summed E-state index contributed by atoms with van der Waals surface area (Å²) in [4.78, 5) is 24.9. The van der Waals surface area contributed by atoms with E-state index in [-0.39, 0.29) is 0 Å². The minimum atomic E-state index is -1.11. The van der Waals surface area contributed by atoms with Gasteiger partial charge in [0, 0.05) is 0 Å². The van der Waals surface area contributed by atoms with Crippen LogP contribution >= 0.6 is 0 Å². The van der Waals surface area contributed by atoms with Gasteiger partial charge in [-0.1, -0.05) is 5.16 Å². The van der Waals surface area contributed by atoms with E-state index in [0.717, 1.165) is 13.3 Å². The molecule has 5 nitrogen and oxygen atoms in total. The lowest BCUT2D eigenvalue weighted by Gasteiger charge is -1.92. The molecule has 0 atom stereocenters. The average molecular weight is 177 g/mol. The summed E-state index contributed by atoms with van der Waals surface area (Å²) in [6, 6.07) is 0. The van der Waals surface area contributed by atoms with Crippen LogP contribution in [-0.2, 0) is 19.2 Å². The lowest BCUT2D eigenvalue weighted by molar-refractivity contribution is -0.142. The van der Waals surface area contributed by atoms with Crippen LogP contribution in [0.3, 0.4) is 0 Å². The van der Waals surface area contributed by atoms with Gasteiger partial charge in [0.15, 0.2) is 5.78 Å². The Morgan fingerprint density at radius 1 is 1.58 bits per heavy atom. The highest BCUT2D eigenvalue weighted by Crippen LogP contribution is 1.85. The molecule has 0 radical (unpaired) electrons. The Hall–Kier alpha value is -1.46. The fourth-order valence-corrected chi connectivity index (χ4v) is 0.384. The fraction of sp³-hybridized carbons (Fsp3) is 0.500. The number of carbonyl (C=O) groups excluding carboxylic acids is 2. The molecule has 0 unspecified atom stereocenters. The van der Waals surface area contributed by atoms with Crippen LogP contribution in [0.2, 0.25) is 0 Å². The molecule has 0 aromatic rings. The molecule has 6 heteroatoms. The predicted octanol–water partition coefficient (Wildman–Crippen LogP) is 0.0480. The van der Waals surface area contributed by atoms with E-state index in [2.05, 4.69) is 14.7 Å². The number of rotatable bonds is 5. The second-order valence-electron chi connectivity index (χ2n) is 1.69. The summed E-state index contributed by atoms with van der Waals surface area (Å²) in [5.74, 6) is -1.28. The van der Waals surface area contributed by atoms with Crippen molar-refractivity contribution in [3.8, 4) is 0 Å². The van der Waals surface area contributed by atoms with E-state index in [1.165, 1.54) is 0 Å². The number of carbonyl (C=O) groups is 2. The van der Waals surface area contributed by atoms with Gasteiger partial charge in [-0.05, 0) is 0 Å². The summed E-state index contributed by atoms with van der Waals surface area (Å²) in [6.07, 6.45) is 0.298. The zero-order valence-electron chi connectivity index (χ0n) is 6.45. The molecule has 0 aliphatic carbocycles. The molecule has 12 heavy (non-hydrogen) atoms. The predicted molar refractivity (Wildman–Crippen MR) is 37.2 cm³/mol. The molecular formula is C6H8FNO4. The summed E-state index contributed by atoms with van der Waals surface area (Å²) >= 11 is 0. The average Bonchev–Trinajstić information content (AvgIpc) is 2.05. The molecule has 0 aromatic carbocycles. The number of halogens is 1. The van der Waals surface area contributed by atoms with Crippen LogP contribution in [0, 0.1) is 0 Å². The van der Waals surface area contributed by atoms with Gasteiger partial charge in [0.25, 0.3) is 6.86 Å². The first-order valence-corrected chi connectivity index (χ1v) is 3.01. The first-order chi connectivity index (χ1) is 5.70. The number of Topliss-reactive ketones (excluding diaryl/α,β-unsaturated/α-hetero) is 1. The van der Waals surface area contributed by atoms with Crippen LogP contribution in [0.1, 0.15) is 6.42 Å². The molecule has 0 spiro atoms. The van der Waals surface area contributed by atoms with Gasteiger partial charge in [0.2, 0.25) is 0 Å². The smallest absolute Gasteiger partial charge is 0.313 e. The van der Waals surface area contributed by atoms with Gasteiger partial charge in [0.05, 0.1) is 7.11 Å². The Bertz CT molecular complexity index is 192. The summed E-state index contributed by atoms with van der Waals surface area (Å²) in [6.45, 7) is -1.11. The lowest BCUT2D eigenvalue weighted by atomic mass is 10.3. The van der Waals surface area contributed by atoms with E-state index >= 15 is 0 Å². The Balaban J connectivity index is 3.66. The van der Waals surface area contributed by atoms with Crippen LogP contribution < -0.4 is 0 Å². The van der Waals surface area contributed by atoms with Crippen molar-refractivity contribution in [3.05, 3.63) is 0 Å². The number of alkyl halides is 1. The Morgan fingerprint density at radius 3 is 2.75 bits per heavy atom. The van der Waals surface area contributed by atoms with E-state index in [1.807, 2.05) is 0 Å². The standard InChI is InChI=1S/C6H8FNO4/c1-11-6(10)2-5(9)3-8-12-4-7/h3H,2,4H2,1H3. The minimum Gasteiger partial charge on any atom is -0.469 e. The normalized spacial score (nSPS) is 9.83. The van der Waals surface area contributed by atoms with Gasteiger partial charge < -0.3 is 9.57 Å². The quantitative estimate of drug-likeness (QED) is 0.257. The maximum Gasteiger partial charge on any atom is 0.313 e. The van der Waals surface area contributed by atoms with Crippen LogP contribution in [-0.4, -0.2) is 31.9 Å². The SMILES string of the molecule is COC(=O)CC(=O)C=NOCF. The minimum absolute atomic E-state index is 0.421. The van der Waals surface area contributed by atoms with Gasteiger partial charge in [-0.15, -0.1) is 0 Å². The number of hydrogen-bond donors (Lipinski definition) is 0. The number of hydrogen-bond acceptors (Lipinski definition) is 5. The molecule has 0 saturated carbocycles. The lowest BCUT2D eigenvalue weighted by Crippen LogP contribution is -2.10. The molecule has 0 aliphatic heterocycles. The second-order valence-corrected chi connectivity index (χ2v) is 1.69. The third-order valence-electron chi connectivity index (χ3n) is 0.866. The highest BCUT2D eigenvalue weighted by Gasteiger charge is 2.06. The Kier molecular flexibility index (Phi) is 5.50. The van der Waals surface area contributed by atoms with E-state index in [1.54, 1.807) is 0 Å². The van der Waals surface area contributed by atoms with Crippen molar-refractivity contribution in [3.63, 3.8) is 0 Å². The topological polar surface area (TPSA) is 65.0 Å². The van der Waals surface area contributed by atoms with E-state index in [9.17, 15) is 14.0 Å². The first kappa shape index (κ1) is 10.5. The number of ether oxygens (including phenoxy) is 1. The van der Waals surface area contributed by atoms with Crippen molar-refractivity contribution in [2.45, 2.75) is 6.42 Å². The van der Waals surface area contributed by atoms with Crippen molar-refractivity contribution in [2.75, 3.05) is 14.0 Å². The number of nitrogens with zero attached hydrogens (tertiary/aromatic N) is 1. The van der Waals surface area contributed by atoms with Crippen LogP contribution in [0.4, 0.5) is 4.39 Å². The summed E-state index contributed by atoms with van der Waals surface area (Å²) < 4.78 is 15.4. The number of ketones is 1. The summed E-state index contributed by atoms with van der Waals surface area (Å²) in [5, 5.41) is 2.92. The first-order valence-electron chi connectivity index (χ1n) is 3.01. The molecule has 0 N–H and O–H groups in total. The van der Waals surface area contributed by atoms with Gasteiger partial charge >= 0.3 is 5.97 Å². The van der Waals surface area contributed by atoms with Gasteiger partial charge in [0.1, 0.15) is 12.6 Å². The number of methoxy groups -OCH3 is 1. The third-order valence-corrected chi connectivity index (χ3v) is 0.866. The van der Waals surface area contributed by atoms with E-state index in [0.29, 0.717) is 0 Å². The van der Waals surface area contributed by atoms with Crippen LogP contribution in [0.15, 0.2) is 5.16 Å². The third kappa shape index (κ3) is 5.33. The van der Waals surface area contributed by atoms with E-state index in [4.69, 9.17) is 0 Å². The van der Waals surface area contributed by atoms with Crippen molar-refractivity contribution >= 4 is 18.0 Å². The fourth-order valence-electron chi connectivity index (χ4n) is 0.384. The zero-order chi connectivity index (χ0) is 9.40. The molecule has 0 saturated heterocycles. The molecule has 0 aliphatic rings. The maximum atomic E-state index is 11.2. The Labute approximate surface area is 68.1 Å². The number of esters is 1. The largest absolute Gasteiger partial charge is 0.469 e. The molecule has 0 bridgehead atoms. The zero-order valence-corrected chi connectivity index (χ0v) is 6.45. The Morgan fingerprint density at radius 2 is 2.25 bits per heavy atom. The van der Waals surface area contributed by atoms with Crippen molar-refractivity contribution in [1.82, 2.24) is 0 Å². The molecule has 0 rings (SSSR count). The second kappa shape index (κ2) is 6.26. The molecule has 0 amide bonds. The van der Waals surface area contributed by atoms with Crippen LogP contribution in [0.25, 0.3) is 0 Å². The van der Waals surface area contributed by atoms with Crippen molar-refractivity contribution in [1.29, 1.82) is 0 Å². The molecule has 0 fully saturated rings.